The van der Waals surface area contributed by atoms with Gasteiger partial charge in [0.15, 0.2) is 0 Å². The van der Waals surface area contributed by atoms with Gasteiger partial charge in [0.05, 0.1) is 30.3 Å². The lowest BCUT2D eigenvalue weighted by Crippen LogP contribution is -2.35. The molecule has 1 aliphatic heterocycles. The van der Waals surface area contributed by atoms with Crippen LogP contribution in [0.2, 0.25) is 0 Å². The summed E-state index contributed by atoms with van der Waals surface area (Å²) in [5.41, 5.74) is 3.74. The molecule has 4 rings (SSSR count). The van der Waals surface area contributed by atoms with E-state index < -0.39 is 0 Å². The van der Waals surface area contributed by atoms with Crippen molar-refractivity contribution in [2.24, 2.45) is 0 Å². The fourth-order valence-corrected chi connectivity index (χ4v) is 3.30. The van der Waals surface area contributed by atoms with Gasteiger partial charge in [0.2, 0.25) is 0 Å². The SMILES string of the molecule is C[C@@H](NC(=O)c1ccc(CN2CCOCC2)cc1)c1nc2ccccc2[nH]1. The Balaban J connectivity index is 1.38. The molecule has 0 spiro atoms. The van der Waals surface area contributed by atoms with Gasteiger partial charge in [-0.25, -0.2) is 4.98 Å². The summed E-state index contributed by atoms with van der Waals surface area (Å²) in [6, 6.07) is 15.5. The average Bonchev–Trinajstić information content (AvgIpc) is 3.14. The number of carbonyl (C=O) groups excluding carboxylic acids is 1. The number of morpholine rings is 1. The molecule has 0 radical (unpaired) electrons. The van der Waals surface area contributed by atoms with Crippen LogP contribution in [0.15, 0.2) is 48.5 Å². The summed E-state index contributed by atoms with van der Waals surface area (Å²) in [5, 5.41) is 3.01. The van der Waals surface area contributed by atoms with Crippen LogP contribution in [0.1, 0.15) is 34.7 Å². The molecule has 6 nitrogen and oxygen atoms in total. The van der Waals surface area contributed by atoms with E-state index in [0.717, 1.165) is 49.7 Å². The first-order chi connectivity index (χ1) is 13.2. The molecule has 1 fully saturated rings. The number of benzene rings is 2. The molecule has 1 saturated heterocycles. The number of ether oxygens (including phenoxy) is 1. The zero-order valence-corrected chi connectivity index (χ0v) is 15.4. The molecule has 1 atom stereocenters. The third kappa shape index (κ3) is 4.18. The maximum Gasteiger partial charge on any atom is 0.251 e. The lowest BCUT2D eigenvalue weighted by Gasteiger charge is -2.26. The van der Waals surface area contributed by atoms with Crippen molar-refractivity contribution in [1.82, 2.24) is 20.2 Å². The molecule has 3 aromatic rings. The predicted molar refractivity (Wildman–Crippen MR) is 105 cm³/mol. The van der Waals surface area contributed by atoms with Gasteiger partial charge in [-0.05, 0) is 36.8 Å². The van der Waals surface area contributed by atoms with Crippen molar-refractivity contribution in [3.63, 3.8) is 0 Å². The van der Waals surface area contributed by atoms with Crippen LogP contribution < -0.4 is 5.32 Å². The summed E-state index contributed by atoms with van der Waals surface area (Å²) < 4.78 is 5.38. The van der Waals surface area contributed by atoms with Crippen molar-refractivity contribution in [2.45, 2.75) is 19.5 Å². The molecule has 2 N–H and O–H groups in total. The van der Waals surface area contributed by atoms with Crippen molar-refractivity contribution in [2.75, 3.05) is 26.3 Å². The molecule has 1 aromatic heterocycles. The minimum atomic E-state index is -0.196. The number of H-pyrrole nitrogens is 1. The van der Waals surface area contributed by atoms with Gasteiger partial charge in [0.25, 0.3) is 5.91 Å². The molecule has 0 aliphatic carbocycles. The zero-order chi connectivity index (χ0) is 18.6. The van der Waals surface area contributed by atoms with Crippen LogP contribution in [-0.2, 0) is 11.3 Å². The second kappa shape index (κ2) is 7.90. The van der Waals surface area contributed by atoms with Gasteiger partial charge < -0.3 is 15.0 Å². The second-order valence-corrected chi connectivity index (χ2v) is 6.92. The standard InChI is InChI=1S/C21H24N4O2/c1-15(20-23-18-4-2-3-5-19(18)24-20)22-21(26)17-8-6-16(7-9-17)14-25-10-12-27-13-11-25/h2-9,15H,10-14H2,1H3,(H,22,26)(H,23,24)/t15-/m1/s1. The number of rotatable bonds is 5. The number of aromatic amines is 1. The van der Waals surface area contributed by atoms with E-state index in [9.17, 15) is 4.79 Å². The maximum atomic E-state index is 12.6. The predicted octanol–water partition coefficient (Wildman–Crippen LogP) is 2.89. The van der Waals surface area contributed by atoms with Gasteiger partial charge in [0.1, 0.15) is 5.82 Å². The van der Waals surface area contributed by atoms with Crippen molar-refractivity contribution < 1.29 is 9.53 Å². The minimum Gasteiger partial charge on any atom is -0.379 e. The molecule has 140 valence electrons. The molecular weight excluding hydrogens is 340 g/mol. The highest BCUT2D eigenvalue weighted by Gasteiger charge is 2.15. The highest BCUT2D eigenvalue weighted by atomic mass is 16.5. The van der Waals surface area contributed by atoms with Crippen molar-refractivity contribution in [3.8, 4) is 0 Å². The Morgan fingerprint density at radius 2 is 1.93 bits per heavy atom. The van der Waals surface area contributed by atoms with E-state index in [4.69, 9.17) is 4.74 Å². The quantitative estimate of drug-likeness (QED) is 0.730. The first-order valence-corrected chi connectivity index (χ1v) is 9.33. The number of hydrogen-bond acceptors (Lipinski definition) is 4. The number of hydrogen-bond donors (Lipinski definition) is 2. The number of nitrogens with one attached hydrogen (secondary N) is 2. The maximum absolute atomic E-state index is 12.6. The lowest BCUT2D eigenvalue weighted by molar-refractivity contribution is 0.0342. The first-order valence-electron chi connectivity index (χ1n) is 9.33. The van der Waals surface area contributed by atoms with E-state index in [1.165, 1.54) is 5.56 Å². The molecule has 0 bridgehead atoms. The van der Waals surface area contributed by atoms with Crippen LogP contribution >= 0.6 is 0 Å². The van der Waals surface area contributed by atoms with E-state index in [1.807, 2.05) is 55.5 Å². The first kappa shape index (κ1) is 17.7. The molecular formula is C21H24N4O2. The number of nitrogens with zero attached hydrogens (tertiary/aromatic N) is 2. The smallest absolute Gasteiger partial charge is 0.251 e. The summed E-state index contributed by atoms with van der Waals surface area (Å²) >= 11 is 0. The van der Waals surface area contributed by atoms with E-state index in [-0.39, 0.29) is 11.9 Å². The molecule has 1 aliphatic rings. The summed E-state index contributed by atoms with van der Waals surface area (Å²) in [7, 11) is 0. The normalized spacial score (nSPS) is 16.3. The summed E-state index contributed by atoms with van der Waals surface area (Å²) in [5.74, 6) is 0.661. The monoisotopic (exact) mass is 364 g/mol. The Kier molecular flexibility index (Phi) is 5.18. The van der Waals surface area contributed by atoms with Gasteiger partial charge in [-0.1, -0.05) is 24.3 Å². The van der Waals surface area contributed by atoms with Crippen molar-refractivity contribution in [3.05, 3.63) is 65.5 Å². The molecule has 0 unspecified atom stereocenters. The Labute approximate surface area is 158 Å². The van der Waals surface area contributed by atoms with Gasteiger partial charge in [0, 0.05) is 25.2 Å². The van der Waals surface area contributed by atoms with Gasteiger partial charge in [-0.15, -0.1) is 0 Å². The van der Waals surface area contributed by atoms with Crippen molar-refractivity contribution >= 4 is 16.9 Å². The van der Waals surface area contributed by atoms with Crippen LogP contribution in [0.4, 0.5) is 0 Å². The molecule has 6 heteroatoms. The topological polar surface area (TPSA) is 70.2 Å². The summed E-state index contributed by atoms with van der Waals surface area (Å²) in [6.45, 7) is 6.32. The third-order valence-corrected chi connectivity index (χ3v) is 4.89. The Bertz CT molecular complexity index is 880. The Morgan fingerprint density at radius 1 is 1.19 bits per heavy atom. The van der Waals surface area contributed by atoms with E-state index in [0.29, 0.717) is 5.56 Å². The van der Waals surface area contributed by atoms with Crippen LogP contribution in [0.25, 0.3) is 11.0 Å². The fourth-order valence-electron chi connectivity index (χ4n) is 3.30. The summed E-state index contributed by atoms with van der Waals surface area (Å²) in [4.78, 5) is 22.7. The molecule has 2 aromatic carbocycles. The van der Waals surface area contributed by atoms with Gasteiger partial charge in [-0.3, -0.25) is 9.69 Å². The molecule has 1 amide bonds. The summed E-state index contributed by atoms with van der Waals surface area (Å²) in [6.07, 6.45) is 0. The van der Waals surface area contributed by atoms with Crippen LogP contribution in [0.5, 0.6) is 0 Å². The lowest BCUT2D eigenvalue weighted by atomic mass is 10.1. The number of fused-ring (bicyclic) bond motifs is 1. The minimum absolute atomic E-state index is 0.0964. The largest absolute Gasteiger partial charge is 0.379 e. The van der Waals surface area contributed by atoms with Crippen molar-refractivity contribution in [1.29, 1.82) is 0 Å². The highest BCUT2D eigenvalue weighted by molar-refractivity contribution is 5.94. The zero-order valence-electron chi connectivity index (χ0n) is 15.4. The molecule has 0 saturated carbocycles. The van der Waals surface area contributed by atoms with E-state index >= 15 is 0 Å². The number of para-hydroxylation sites is 2. The number of imidazole rings is 1. The molecule has 2 heterocycles. The van der Waals surface area contributed by atoms with Crippen LogP contribution in [0.3, 0.4) is 0 Å². The third-order valence-electron chi connectivity index (χ3n) is 4.89. The highest BCUT2D eigenvalue weighted by Crippen LogP contribution is 2.16. The number of carbonyl (C=O) groups is 1. The molecule has 27 heavy (non-hydrogen) atoms. The number of amides is 1. The van der Waals surface area contributed by atoms with Gasteiger partial charge >= 0.3 is 0 Å². The van der Waals surface area contributed by atoms with E-state index in [1.54, 1.807) is 0 Å². The fraction of sp³-hybridized carbons (Fsp3) is 0.333. The Morgan fingerprint density at radius 3 is 2.67 bits per heavy atom. The van der Waals surface area contributed by atoms with E-state index in [2.05, 4.69) is 20.2 Å². The average molecular weight is 364 g/mol. The van der Waals surface area contributed by atoms with Crippen LogP contribution in [0, 0.1) is 0 Å². The van der Waals surface area contributed by atoms with Gasteiger partial charge in [-0.2, -0.15) is 0 Å². The van der Waals surface area contributed by atoms with Crippen LogP contribution in [-0.4, -0.2) is 47.1 Å². The second-order valence-electron chi connectivity index (χ2n) is 6.92. The Hall–Kier alpha value is -2.70. The number of aromatic nitrogens is 2.